The van der Waals surface area contributed by atoms with Crippen molar-refractivity contribution in [1.82, 2.24) is 9.97 Å². The molecule has 2 aliphatic rings. The SMILES string of the molecule is COC[C@@H]1CCC[C@]12CN(c1ncc(F)cn1)CCO2. The molecule has 1 saturated carbocycles. The molecule has 6 heteroatoms. The van der Waals surface area contributed by atoms with Gasteiger partial charge in [0.15, 0.2) is 5.82 Å². The number of aromatic nitrogens is 2. The molecule has 0 bridgehead atoms. The van der Waals surface area contributed by atoms with Gasteiger partial charge in [-0.3, -0.25) is 0 Å². The number of rotatable bonds is 3. The number of anilines is 1. The fourth-order valence-electron chi connectivity index (χ4n) is 3.40. The first-order valence-electron chi connectivity index (χ1n) is 7.09. The van der Waals surface area contributed by atoms with E-state index in [0.717, 1.165) is 39.0 Å². The minimum atomic E-state index is -0.408. The molecule has 20 heavy (non-hydrogen) atoms. The van der Waals surface area contributed by atoms with Crippen molar-refractivity contribution in [3.8, 4) is 0 Å². The van der Waals surface area contributed by atoms with Gasteiger partial charge >= 0.3 is 0 Å². The van der Waals surface area contributed by atoms with Crippen LogP contribution >= 0.6 is 0 Å². The van der Waals surface area contributed by atoms with Gasteiger partial charge in [0.1, 0.15) is 0 Å². The van der Waals surface area contributed by atoms with Gasteiger partial charge < -0.3 is 14.4 Å². The molecular weight excluding hydrogens is 261 g/mol. The molecule has 1 aromatic rings. The zero-order valence-corrected chi connectivity index (χ0v) is 11.7. The largest absolute Gasteiger partial charge is 0.384 e. The maximum atomic E-state index is 12.9. The molecule has 0 radical (unpaired) electrons. The summed E-state index contributed by atoms with van der Waals surface area (Å²) in [4.78, 5) is 10.3. The predicted octanol–water partition coefficient (Wildman–Crippen LogP) is 1.64. The van der Waals surface area contributed by atoms with Crippen molar-refractivity contribution in [3.05, 3.63) is 18.2 Å². The minimum absolute atomic E-state index is 0.161. The third-order valence-corrected chi connectivity index (χ3v) is 4.36. The Morgan fingerprint density at radius 1 is 1.50 bits per heavy atom. The van der Waals surface area contributed by atoms with Crippen molar-refractivity contribution in [2.75, 3.05) is 38.3 Å². The molecule has 1 aliphatic heterocycles. The number of morpholine rings is 1. The topological polar surface area (TPSA) is 47.5 Å². The normalized spacial score (nSPS) is 30.1. The van der Waals surface area contributed by atoms with Gasteiger partial charge in [-0.2, -0.15) is 0 Å². The molecule has 2 atom stereocenters. The van der Waals surface area contributed by atoms with Gasteiger partial charge in [-0.25, -0.2) is 14.4 Å². The molecular formula is C14H20FN3O2. The Balaban J connectivity index is 1.77. The highest BCUT2D eigenvalue weighted by molar-refractivity contribution is 5.31. The Bertz CT molecular complexity index is 456. The van der Waals surface area contributed by atoms with Gasteiger partial charge in [-0.05, 0) is 12.8 Å². The molecule has 1 aliphatic carbocycles. The predicted molar refractivity (Wildman–Crippen MR) is 72.1 cm³/mol. The fourth-order valence-corrected chi connectivity index (χ4v) is 3.40. The average Bonchev–Trinajstić information content (AvgIpc) is 2.83. The zero-order chi connectivity index (χ0) is 14.0. The van der Waals surface area contributed by atoms with E-state index in [0.29, 0.717) is 18.5 Å². The lowest BCUT2D eigenvalue weighted by atomic mass is 9.89. The summed E-state index contributed by atoms with van der Waals surface area (Å²) in [6, 6.07) is 0. The third kappa shape index (κ3) is 2.50. The quantitative estimate of drug-likeness (QED) is 0.843. The lowest BCUT2D eigenvalue weighted by Gasteiger charge is -2.43. The van der Waals surface area contributed by atoms with Crippen LogP contribution in [0, 0.1) is 11.7 Å². The van der Waals surface area contributed by atoms with E-state index in [-0.39, 0.29) is 5.60 Å². The maximum absolute atomic E-state index is 12.9. The monoisotopic (exact) mass is 281 g/mol. The summed E-state index contributed by atoms with van der Waals surface area (Å²) in [6.45, 7) is 2.87. The van der Waals surface area contributed by atoms with Crippen LogP contribution in [-0.4, -0.2) is 49.0 Å². The van der Waals surface area contributed by atoms with E-state index in [1.165, 1.54) is 12.4 Å². The highest BCUT2D eigenvalue weighted by atomic mass is 19.1. The van der Waals surface area contributed by atoms with Crippen LogP contribution in [0.3, 0.4) is 0 Å². The van der Waals surface area contributed by atoms with Gasteiger partial charge in [0.2, 0.25) is 5.95 Å². The second-order valence-electron chi connectivity index (χ2n) is 5.58. The van der Waals surface area contributed by atoms with Crippen molar-refractivity contribution in [3.63, 3.8) is 0 Å². The summed E-state index contributed by atoms with van der Waals surface area (Å²) in [6.07, 6.45) is 5.76. The Morgan fingerprint density at radius 2 is 2.30 bits per heavy atom. The molecule has 1 spiro atoms. The average molecular weight is 281 g/mol. The first-order chi connectivity index (χ1) is 9.73. The molecule has 0 N–H and O–H groups in total. The van der Waals surface area contributed by atoms with Gasteiger partial charge in [0.05, 0.1) is 37.8 Å². The first-order valence-corrected chi connectivity index (χ1v) is 7.09. The van der Waals surface area contributed by atoms with Gasteiger partial charge in [0.25, 0.3) is 0 Å². The van der Waals surface area contributed by atoms with E-state index in [4.69, 9.17) is 9.47 Å². The number of ether oxygens (including phenoxy) is 2. The van der Waals surface area contributed by atoms with Gasteiger partial charge in [-0.1, -0.05) is 6.42 Å². The maximum Gasteiger partial charge on any atom is 0.225 e. The van der Waals surface area contributed by atoms with E-state index in [1.807, 2.05) is 0 Å². The fraction of sp³-hybridized carbons (Fsp3) is 0.714. The number of halogens is 1. The molecule has 1 aromatic heterocycles. The van der Waals surface area contributed by atoms with Crippen LogP contribution < -0.4 is 4.90 Å². The van der Waals surface area contributed by atoms with Crippen molar-refractivity contribution >= 4 is 5.95 Å². The summed E-state index contributed by atoms with van der Waals surface area (Å²) < 4.78 is 24.4. The molecule has 0 unspecified atom stereocenters. The number of hydrogen-bond acceptors (Lipinski definition) is 5. The van der Waals surface area contributed by atoms with Crippen LogP contribution in [-0.2, 0) is 9.47 Å². The number of hydrogen-bond donors (Lipinski definition) is 0. The van der Waals surface area contributed by atoms with Crippen LogP contribution in [0.1, 0.15) is 19.3 Å². The molecule has 0 aromatic carbocycles. The lowest BCUT2D eigenvalue weighted by molar-refractivity contribution is -0.0954. The highest BCUT2D eigenvalue weighted by Crippen LogP contribution is 2.41. The zero-order valence-electron chi connectivity index (χ0n) is 11.7. The van der Waals surface area contributed by atoms with Crippen molar-refractivity contribution in [2.24, 2.45) is 5.92 Å². The van der Waals surface area contributed by atoms with Crippen molar-refractivity contribution in [2.45, 2.75) is 24.9 Å². The Labute approximate surface area is 118 Å². The second kappa shape index (κ2) is 5.61. The van der Waals surface area contributed by atoms with E-state index < -0.39 is 5.82 Å². The third-order valence-electron chi connectivity index (χ3n) is 4.36. The summed E-state index contributed by atoms with van der Waals surface area (Å²) >= 11 is 0. The standard InChI is InChI=1S/C14H20FN3O2/c1-19-9-11-3-2-4-14(11)10-18(5-6-20-14)13-16-7-12(15)8-17-13/h7-8,11H,2-6,9-10H2,1H3/t11-,14-/m0/s1. The molecule has 5 nitrogen and oxygen atoms in total. The van der Waals surface area contributed by atoms with E-state index in [9.17, 15) is 4.39 Å². The van der Waals surface area contributed by atoms with Crippen LogP contribution in [0.25, 0.3) is 0 Å². The molecule has 2 heterocycles. The van der Waals surface area contributed by atoms with Crippen molar-refractivity contribution in [1.29, 1.82) is 0 Å². The molecule has 0 amide bonds. The summed E-state index contributed by atoms with van der Waals surface area (Å²) in [5, 5.41) is 0. The smallest absolute Gasteiger partial charge is 0.225 e. The van der Waals surface area contributed by atoms with Crippen LogP contribution in [0.5, 0.6) is 0 Å². The van der Waals surface area contributed by atoms with Gasteiger partial charge in [-0.15, -0.1) is 0 Å². The van der Waals surface area contributed by atoms with E-state index in [2.05, 4.69) is 14.9 Å². The van der Waals surface area contributed by atoms with E-state index in [1.54, 1.807) is 7.11 Å². The molecule has 1 saturated heterocycles. The van der Waals surface area contributed by atoms with Crippen LogP contribution in [0.4, 0.5) is 10.3 Å². The first kappa shape index (κ1) is 13.7. The van der Waals surface area contributed by atoms with E-state index >= 15 is 0 Å². The molecule has 2 fully saturated rings. The number of nitrogens with zero attached hydrogens (tertiary/aromatic N) is 3. The second-order valence-corrected chi connectivity index (χ2v) is 5.58. The highest BCUT2D eigenvalue weighted by Gasteiger charge is 2.47. The Hall–Kier alpha value is -1.27. The number of methoxy groups -OCH3 is 1. The van der Waals surface area contributed by atoms with Gasteiger partial charge in [0, 0.05) is 19.6 Å². The Kier molecular flexibility index (Phi) is 3.85. The van der Waals surface area contributed by atoms with Crippen molar-refractivity contribution < 1.29 is 13.9 Å². The minimum Gasteiger partial charge on any atom is -0.384 e. The molecule has 110 valence electrons. The summed E-state index contributed by atoms with van der Waals surface area (Å²) in [5.41, 5.74) is -0.161. The van der Waals surface area contributed by atoms with Crippen LogP contribution in [0.2, 0.25) is 0 Å². The van der Waals surface area contributed by atoms with Crippen LogP contribution in [0.15, 0.2) is 12.4 Å². The summed E-state index contributed by atoms with van der Waals surface area (Å²) in [5.74, 6) is 0.586. The lowest BCUT2D eigenvalue weighted by Crippen LogP contribution is -2.55. The summed E-state index contributed by atoms with van der Waals surface area (Å²) in [7, 11) is 1.73. The Morgan fingerprint density at radius 3 is 3.05 bits per heavy atom. The molecule has 3 rings (SSSR count).